The van der Waals surface area contributed by atoms with Gasteiger partial charge in [-0.1, -0.05) is 12.1 Å². The maximum atomic E-state index is 12.4. The Hall–Kier alpha value is -2.89. The number of hydrogen-bond acceptors (Lipinski definition) is 5. The van der Waals surface area contributed by atoms with Crippen LogP contribution in [0.3, 0.4) is 0 Å². The molecule has 1 aromatic heterocycles. The van der Waals surface area contributed by atoms with Crippen LogP contribution in [-0.2, 0) is 4.74 Å². The number of aryl methyl sites for hydroxylation is 1. The molecule has 1 aromatic carbocycles. The van der Waals surface area contributed by atoms with E-state index in [-0.39, 0.29) is 19.0 Å². The molecule has 0 unspecified atom stereocenters. The van der Waals surface area contributed by atoms with Gasteiger partial charge in [-0.05, 0) is 38.5 Å². The van der Waals surface area contributed by atoms with Gasteiger partial charge >= 0.3 is 5.97 Å². The molecule has 24 heavy (non-hydrogen) atoms. The second-order valence-electron chi connectivity index (χ2n) is 5.21. The van der Waals surface area contributed by atoms with E-state index < -0.39 is 5.97 Å². The zero-order valence-electron chi connectivity index (χ0n) is 13.8. The van der Waals surface area contributed by atoms with E-state index in [2.05, 4.69) is 4.98 Å². The van der Waals surface area contributed by atoms with Crippen LogP contribution in [0.4, 0.5) is 0 Å². The predicted molar refractivity (Wildman–Crippen MR) is 87.9 cm³/mol. The van der Waals surface area contributed by atoms with Gasteiger partial charge in [0, 0.05) is 5.69 Å². The Labute approximate surface area is 139 Å². The second-order valence-corrected chi connectivity index (χ2v) is 5.21. The van der Waals surface area contributed by atoms with Crippen LogP contribution in [-0.4, -0.2) is 36.2 Å². The highest BCUT2D eigenvalue weighted by Gasteiger charge is 2.23. The van der Waals surface area contributed by atoms with E-state index in [9.17, 15) is 14.4 Å². The first-order valence-electron chi connectivity index (χ1n) is 7.56. The van der Waals surface area contributed by atoms with E-state index in [1.807, 2.05) is 0 Å². The molecule has 0 saturated carbocycles. The molecule has 0 saturated heterocycles. The van der Waals surface area contributed by atoms with Crippen molar-refractivity contribution in [3.8, 4) is 5.75 Å². The van der Waals surface area contributed by atoms with Gasteiger partial charge in [0.25, 0.3) is 0 Å². The van der Waals surface area contributed by atoms with Crippen molar-refractivity contribution in [3.05, 3.63) is 52.3 Å². The lowest BCUT2D eigenvalue weighted by Crippen LogP contribution is -2.14. The third-order valence-corrected chi connectivity index (χ3v) is 3.60. The Morgan fingerprint density at radius 1 is 1.21 bits per heavy atom. The van der Waals surface area contributed by atoms with Gasteiger partial charge < -0.3 is 14.5 Å². The third kappa shape index (κ3) is 3.53. The molecule has 0 aliphatic carbocycles. The summed E-state index contributed by atoms with van der Waals surface area (Å²) in [5.74, 6) is -0.436. The van der Waals surface area contributed by atoms with Crippen LogP contribution in [0.2, 0.25) is 0 Å². The average Bonchev–Trinajstić information content (AvgIpc) is 2.87. The SMILES string of the molecule is CCOC(=O)c1c(C)[nH]c(C(=O)COc2ccccc2C=O)c1C. The lowest BCUT2D eigenvalue weighted by molar-refractivity contribution is 0.0525. The van der Waals surface area contributed by atoms with Crippen LogP contribution in [0, 0.1) is 13.8 Å². The second kappa shape index (κ2) is 7.59. The highest BCUT2D eigenvalue weighted by atomic mass is 16.5. The van der Waals surface area contributed by atoms with Crippen molar-refractivity contribution in [1.29, 1.82) is 0 Å². The van der Waals surface area contributed by atoms with Gasteiger partial charge in [-0.25, -0.2) is 4.79 Å². The predicted octanol–water partition coefficient (Wildman–Crippen LogP) is 2.88. The number of esters is 1. The minimum atomic E-state index is -0.463. The number of Topliss-reactive ketones (excluding diaryl/α,β-unsaturated/α-hetero) is 1. The lowest BCUT2D eigenvalue weighted by Gasteiger charge is -2.07. The molecule has 0 aliphatic heterocycles. The van der Waals surface area contributed by atoms with Crippen molar-refractivity contribution < 1.29 is 23.9 Å². The van der Waals surface area contributed by atoms with E-state index in [0.717, 1.165) is 0 Å². The van der Waals surface area contributed by atoms with E-state index >= 15 is 0 Å². The summed E-state index contributed by atoms with van der Waals surface area (Å²) < 4.78 is 10.4. The molecule has 6 nitrogen and oxygen atoms in total. The minimum Gasteiger partial charge on any atom is -0.485 e. The molecule has 1 N–H and O–H groups in total. The average molecular weight is 329 g/mol. The molecular weight excluding hydrogens is 310 g/mol. The number of nitrogens with one attached hydrogen (secondary N) is 1. The number of hydrogen-bond donors (Lipinski definition) is 1. The molecule has 0 atom stereocenters. The van der Waals surface area contributed by atoms with Gasteiger partial charge in [0.2, 0.25) is 5.78 Å². The van der Waals surface area contributed by atoms with Gasteiger partial charge in [0.05, 0.1) is 23.4 Å². The number of ether oxygens (including phenoxy) is 2. The van der Waals surface area contributed by atoms with E-state index in [1.54, 1.807) is 45.0 Å². The first kappa shape index (κ1) is 17.5. The number of H-pyrrole nitrogens is 1. The number of aldehydes is 1. The van der Waals surface area contributed by atoms with Gasteiger partial charge in [0.15, 0.2) is 12.9 Å². The van der Waals surface area contributed by atoms with E-state index in [4.69, 9.17) is 9.47 Å². The fourth-order valence-electron chi connectivity index (χ4n) is 2.46. The molecule has 2 aromatic rings. The molecule has 0 spiro atoms. The van der Waals surface area contributed by atoms with Gasteiger partial charge in [-0.15, -0.1) is 0 Å². The van der Waals surface area contributed by atoms with Gasteiger partial charge in [0.1, 0.15) is 5.75 Å². The number of aromatic nitrogens is 1. The Morgan fingerprint density at radius 3 is 2.58 bits per heavy atom. The molecule has 2 rings (SSSR count). The van der Waals surface area contributed by atoms with Crippen molar-refractivity contribution in [2.24, 2.45) is 0 Å². The summed E-state index contributed by atoms with van der Waals surface area (Å²) in [5, 5.41) is 0. The zero-order valence-corrected chi connectivity index (χ0v) is 13.8. The molecule has 0 fully saturated rings. The first-order chi connectivity index (χ1) is 11.5. The normalized spacial score (nSPS) is 10.3. The highest BCUT2D eigenvalue weighted by Crippen LogP contribution is 2.21. The molecule has 0 amide bonds. The van der Waals surface area contributed by atoms with Gasteiger partial charge in [-0.3, -0.25) is 9.59 Å². The molecule has 0 bridgehead atoms. The maximum Gasteiger partial charge on any atom is 0.340 e. The number of rotatable bonds is 7. The minimum absolute atomic E-state index is 0.242. The number of aromatic amines is 1. The number of carbonyl (C=O) groups is 3. The van der Waals surface area contributed by atoms with Crippen molar-refractivity contribution in [3.63, 3.8) is 0 Å². The van der Waals surface area contributed by atoms with Crippen molar-refractivity contribution in [1.82, 2.24) is 4.98 Å². The van der Waals surface area contributed by atoms with Crippen LogP contribution in [0.5, 0.6) is 5.75 Å². The molecule has 1 heterocycles. The Kier molecular flexibility index (Phi) is 5.52. The highest BCUT2D eigenvalue weighted by molar-refractivity contribution is 6.02. The monoisotopic (exact) mass is 329 g/mol. The molecule has 0 radical (unpaired) electrons. The Bertz CT molecular complexity index is 776. The van der Waals surface area contributed by atoms with Crippen LogP contribution in [0.15, 0.2) is 24.3 Å². The zero-order chi connectivity index (χ0) is 17.7. The molecule has 126 valence electrons. The molecular formula is C18H19NO5. The Morgan fingerprint density at radius 2 is 1.92 bits per heavy atom. The quantitative estimate of drug-likeness (QED) is 0.479. The van der Waals surface area contributed by atoms with Crippen LogP contribution >= 0.6 is 0 Å². The molecule has 6 heteroatoms. The first-order valence-corrected chi connectivity index (χ1v) is 7.56. The van der Waals surface area contributed by atoms with E-state index in [1.165, 1.54) is 0 Å². The Balaban J connectivity index is 2.17. The van der Waals surface area contributed by atoms with Crippen LogP contribution in [0.25, 0.3) is 0 Å². The summed E-state index contributed by atoms with van der Waals surface area (Å²) >= 11 is 0. The van der Waals surface area contributed by atoms with Crippen LogP contribution in [0.1, 0.15) is 49.4 Å². The summed E-state index contributed by atoms with van der Waals surface area (Å²) in [6.45, 7) is 5.13. The lowest BCUT2D eigenvalue weighted by atomic mass is 10.1. The molecule has 0 aliphatic rings. The third-order valence-electron chi connectivity index (χ3n) is 3.60. The fraction of sp³-hybridized carbons (Fsp3) is 0.278. The summed E-state index contributed by atoms with van der Waals surface area (Å²) in [6.07, 6.45) is 0.669. The maximum absolute atomic E-state index is 12.4. The number of benzene rings is 1. The summed E-state index contributed by atoms with van der Waals surface area (Å²) in [5.41, 5.74) is 2.15. The smallest absolute Gasteiger partial charge is 0.340 e. The summed E-state index contributed by atoms with van der Waals surface area (Å²) in [4.78, 5) is 38.2. The van der Waals surface area contributed by atoms with Crippen molar-refractivity contribution >= 4 is 18.0 Å². The van der Waals surface area contributed by atoms with Gasteiger partial charge in [-0.2, -0.15) is 0 Å². The standard InChI is InChI=1S/C18H19NO5/c1-4-23-18(22)16-11(2)17(19-12(16)3)14(21)10-24-15-8-6-5-7-13(15)9-20/h5-9,19H,4,10H2,1-3H3. The number of ketones is 1. The fourth-order valence-corrected chi connectivity index (χ4v) is 2.46. The van der Waals surface area contributed by atoms with Crippen molar-refractivity contribution in [2.45, 2.75) is 20.8 Å². The topological polar surface area (TPSA) is 85.5 Å². The summed E-state index contributed by atoms with van der Waals surface area (Å²) in [7, 11) is 0. The van der Waals surface area contributed by atoms with Crippen molar-refractivity contribution in [2.75, 3.05) is 13.2 Å². The summed E-state index contributed by atoms with van der Waals surface area (Å²) in [6, 6.07) is 6.65. The largest absolute Gasteiger partial charge is 0.485 e. The number of carbonyl (C=O) groups excluding carboxylic acids is 3. The van der Waals surface area contributed by atoms with Crippen LogP contribution < -0.4 is 4.74 Å². The number of para-hydroxylation sites is 1. The van der Waals surface area contributed by atoms with E-state index in [0.29, 0.717) is 40.1 Å².